The molecule has 5 nitrogen and oxygen atoms in total. The van der Waals surface area contributed by atoms with E-state index >= 15 is 0 Å². The number of benzene rings is 2. The minimum Gasteiger partial charge on any atom is -0.454 e. The molecule has 0 bridgehead atoms. The molecular weight excluding hydrogens is 331 g/mol. The predicted molar refractivity (Wildman–Crippen MR) is 89.7 cm³/mol. The molecule has 2 aromatic rings. The van der Waals surface area contributed by atoms with Crippen LogP contribution >= 0.6 is 11.8 Å². The maximum atomic E-state index is 13.0. The highest BCUT2D eigenvalue weighted by Gasteiger charge is 2.33. The molecule has 2 aromatic carbocycles. The van der Waals surface area contributed by atoms with E-state index in [9.17, 15) is 9.18 Å². The van der Waals surface area contributed by atoms with Crippen LogP contribution in [0.25, 0.3) is 6.08 Å². The molecule has 0 aromatic heterocycles. The lowest BCUT2D eigenvalue weighted by atomic mass is 10.2. The molecule has 0 aliphatic carbocycles. The Labute approximate surface area is 141 Å². The number of rotatable bonds is 2. The number of anilines is 1. The SMILES string of the molecule is N=C1SC(=Cc2ccc3c(c2)OCO3)C(=O)N1c1ccc(F)cc1. The number of fused-ring (bicyclic) bond motifs is 1. The Bertz CT molecular complexity index is 880. The van der Waals surface area contributed by atoms with E-state index in [0.717, 1.165) is 17.3 Å². The summed E-state index contributed by atoms with van der Waals surface area (Å²) in [5, 5.41) is 8.12. The summed E-state index contributed by atoms with van der Waals surface area (Å²) < 4.78 is 23.6. The number of thioether (sulfide) groups is 1. The minimum absolute atomic E-state index is 0.0820. The van der Waals surface area contributed by atoms with Crippen LogP contribution in [0.5, 0.6) is 11.5 Å². The molecule has 2 aliphatic heterocycles. The molecule has 2 heterocycles. The van der Waals surface area contributed by atoms with Gasteiger partial charge in [-0.3, -0.25) is 15.1 Å². The highest BCUT2D eigenvalue weighted by atomic mass is 32.2. The van der Waals surface area contributed by atoms with Crippen molar-refractivity contribution >= 4 is 34.6 Å². The summed E-state index contributed by atoms with van der Waals surface area (Å²) in [4.78, 5) is 14.3. The number of nitrogens with one attached hydrogen (secondary N) is 1. The Hall–Kier alpha value is -2.80. The third kappa shape index (κ3) is 2.52. The third-order valence-corrected chi connectivity index (χ3v) is 4.49. The second-order valence-corrected chi connectivity index (χ2v) is 6.18. The molecule has 0 spiro atoms. The minimum atomic E-state index is -0.388. The second-order valence-electron chi connectivity index (χ2n) is 5.15. The van der Waals surface area contributed by atoms with E-state index in [-0.39, 0.29) is 23.7 Å². The molecule has 120 valence electrons. The zero-order chi connectivity index (χ0) is 16.7. The lowest BCUT2D eigenvalue weighted by Crippen LogP contribution is -2.28. The molecule has 0 unspecified atom stereocenters. The standard InChI is InChI=1S/C17H11FN2O3S/c18-11-2-4-12(5-3-11)20-16(21)15(24-17(20)19)8-10-1-6-13-14(7-10)23-9-22-13/h1-8,19H,9H2. The molecule has 24 heavy (non-hydrogen) atoms. The van der Waals surface area contributed by atoms with Crippen LogP contribution in [0.4, 0.5) is 10.1 Å². The van der Waals surface area contributed by atoms with Crippen molar-refractivity contribution in [3.63, 3.8) is 0 Å². The molecule has 0 radical (unpaired) electrons. The van der Waals surface area contributed by atoms with Crippen molar-refractivity contribution in [1.82, 2.24) is 0 Å². The van der Waals surface area contributed by atoms with Crippen LogP contribution in [-0.4, -0.2) is 17.9 Å². The summed E-state index contributed by atoms with van der Waals surface area (Å²) in [6, 6.07) is 10.9. The first-order chi connectivity index (χ1) is 11.6. The molecule has 7 heteroatoms. The van der Waals surface area contributed by atoms with Gasteiger partial charge in [-0.25, -0.2) is 4.39 Å². The summed E-state index contributed by atoms with van der Waals surface area (Å²) in [5.74, 6) is 0.600. The van der Waals surface area contributed by atoms with Crippen molar-refractivity contribution in [3.05, 3.63) is 58.8 Å². The van der Waals surface area contributed by atoms with E-state index in [1.807, 2.05) is 6.07 Å². The lowest BCUT2D eigenvalue weighted by Gasteiger charge is -2.13. The number of hydrogen-bond acceptors (Lipinski definition) is 5. The van der Waals surface area contributed by atoms with Crippen molar-refractivity contribution in [2.75, 3.05) is 11.7 Å². The highest BCUT2D eigenvalue weighted by Crippen LogP contribution is 2.37. The lowest BCUT2D eigenvalue weighted by molar-refractivity contribution is -0.113. The molecule has 0 atom stereocenters. The number of hydrogen-bond donors (Lipinski definition) is 1. The van der Waals surface area contributed by atoms with Gasteiger partial charge in [0.05, 0.1) is 10.6 Å². The third-order valence-electron chi connectivity index (χ3n) is 3.60. The second kappa shape index (κ2) is 5.68. The Morgan fingerprint density at radius 1 is 1.12 bits per heavy atom. The number of ether oxygens (including phenoxy) is 2. The van der Waals surface area contributed by atoms with Gasteiger partial charge in [0.1, 0.15) is 5.82 Å². The van der Waals surface area contributed by atoms with E-state index in [1.54, 1.807) is 18.2 Å². The van der Waals surface area contributed by atoms with Crippen LogP contribution in [0.3, 0.4) is 0 Å². The van der Waals surface area contributed by atoms with Gasteiger partial charge in [0.2, 0.25) is 6.79 Å². The first kappa shape index (κ1) is 14.8. The zero-order valence-electron chi connectivity index (χ0n) is 12.3. The average molecular weight is 342 g/mol. The fourth-order valence-corrected chi connectivity index (χ4v) is 3.33. The maximum Gasteiger partial charge on any atom is 0.271 e. The van der Waals surface area contributed by atoms with Gasteiger partial charge in [0.15, 0.2) is 16.7 Å². The Morgan fingerprint density at radius 3 is 2.67 bits per heavy atom. The molecule has 1 N–H and O–H groups in total. The first-order valence-corrected chi connectivity index (χ1v) is 7.91. The van der Waals surface area contributed by atoms with Crippen molar-refractivity contribution < 1.29 is 18.7 Å². The Kier molecular flexibility index (Phi) is 3.50. The van der Waals surface area contributed by atoms with Crippen molar-refractivity contribution in [2.45, 2.75) is 0 Å². The van der Waals surface area contributed by atoms with Crippen LogP contribution in [0.1, 0.15) is 5.56 Å². The van der Waals surface area contributed by atoms with E-state index in [0.29, 0.717) is 22.1 Å². The molecular formula is C17H11FN2O3S. The summed E-state index contributed by atoms with van der Waals surface area (Å²) in [5.41, 5.74) is 1.25. The smallest absolute Gasteiger partial charge is 0.271 e. The van der Waals surface area contributed by atoms with Gasteiger partial charge >= 0.3 is 0 Å². The summed E-state index contributed by atoms with van der Waals surface area (Å²) in [6.45, 7) is 0.187. The van der Waals surface area contributed by atoms with Crippen LogP contribution < -0.4 is 14.4 Å². The fourth-order valence-electron chi connectivity index (χ4n) is 2.47. The van der Waals surface area contributed by atoms with Crippen LogP contribution in [0.2, 0.25) is 0 Å². The monoisotopic (exact) mass is 342 g/mol. The number of nitrogens with zero attached hydrogens (tertiary/aromatic N) is 1. The fraction of sp³-hybridized carbons (Fsp3) is 0.0588. The Balaban J connectivity index is 1.64. The number of carbonyl (C=O) groups is 1. The maximum absolute atomic E-state index is 13.0. The number of amides is 1. The molecule has 1 amide bonds. The van der Waals surface area contributed by atoms with Crippen LogP contribution in [0, 0.1) is 11.2 Å². The zero-order valence-corrected chi connectivity index (χ0v) is 13.1. The van der Waals surface area contributed by atoms with Gasteiger partial charge in [-0.1, -0.05) is 6.07 Å². The van der Waals surface area contributed by atoms with Gasteiger partial charge in [0, 0.05) is 0 Å². The Morgan fingerprint density at radius 2 is 1.88 bits per heavy atom. The summed E-state index contributed by atoms with van der Waals surface area (Å²) >= 11 is 1.06. The molecule has 1 saturated heterocycles. The quantitative estimate of drug-likeness (QED) is 0.847. The molecule has 0 saturated carbocycles. The van der Waals surface area contributed by atoms with Gasteiger partial charge in [-0.15, -0.1) is 0 Å². The van der Waals surface area contributed by atoms with E-state index in [4.69, 9.17) is 14.9 Å². The van der Waals surface area contributed by atoms with E-state index < -0.39 is 0 Å². The number of amidine groups is 1. The van der Waals surface area contributed by atoms with Crippen molar-refractivity contribution in [2.24, 2.45) is 0 Å². The van der Waals surface area contributed by atoms with Gasteiger partial charge in [-0.2, -0.15) is 0 Å². The van der Waals surface area contributed by atoms with Gasteiger partial charge < -0.3 is 9.47 Å². The predicted octanol–water partition coefficient (Wildman–Crippen LogP) is 3.61. The number of carbonyl (C=O) groups excluding carboxylic acids is 1. The average Bonchev–Trinajstić information content (AvgIpc) is 3.13. The topological polar surface area (TPSA) is 62.6 Å². The first-order valence-electron chi connectivity index (χ1n) is 7.09. The largest absolute Gasteiger partial charge is 0.454 e. The molecule has 2 aliphatic rings. The molecule has 4 rings (SSSR count). The van der Waals surface area contributed by atoms with E-state index in [1.165, 1.54) is 29.2 Å². The summed E-state index contributed by atoms with van der Waals surface area (Å²) in [7, 11) is 0. The summed E-state index contributed by atoms with van der Waals surface area (Å²) in [6.07, 6.45) is 1.70. The highest BCUT2D eigenvalue weighted by molar-refractivity contribution is 8.19. The van der Waals surface area contributed by atoms with Crippen LogP contribution in [0.15, 0.2) is 47.4 Å². The van der Waals surface area contributed by atoms with Crippen molar-refractivity contribution in [1.29, 1.82) is 5.41 Å². The number of halogens is 1. The van der Waals surface area contributed by atoms with Crippen molar-refractivity contribution in [3.8, 4) is 11.5 Å². The van der Waals surface area contributed by atoms with Crippen LogP contribution in [-0.2, 0) is 4.79 Å². The normalized spacial score (nSPS) is 17.9. The molecule has 1 fully saturated rings. The van der Waals surface area contributed by atoms with E-state index in [2.05, 4.69) is 0 Å². The van der Waals surface area contributed by atoms with Gasteiger partial charge in [0.25, 0.3) is 5.91 Å². The van der Waals surface area contributed by atoms with Gasteiger partial charge in [-0.05, 0) is 59.8 Å².